The third-order valence-electron chi connectivity index (χ3n) is 2.93. The van der Waals surface area contributed by atoms with Gasteiger partial charge < -0.3 is 11.1 Å². The number of nitrogens with two attached hydrogens (primary N) is 1. The van der Waals surface area contributed by atoms with Crippen LogP contribution in [0.2, 0.25) is 0 Å². The highest BCUT2D eigenvalue weighted by Crippen LogP contribution is 2.20. The van der Waals surface area contributed by atoms with Crippen molar-refractivity contribution in [3.05, 3.63) is 46.2 Å². The molecule has 0 radical (unpaired) electrons. The fraction of sp³-hybridized carbons (Fsp3) is 0.267. The third-order valence-corrected chi connectivity index (χ3v) is 3.86. The van der Waals surface area contributed by atoms with Crippen LogP contribution in [-0.4, -0.2) is 5.91 Å². The van der Waals surface area contributed by atoms with Gasteiger partial charge >= 0.3 is 0 Å². The molecule has 3 nitrogen and oxygen atoms in total. The minimum atomic E-state index is -0.145. The topological polar surface area (TPSA) is 55.1 Å². The summed E-state index contributed by atoms with van der Waals surface area (Å²) in [6.45, 7) is 2.18. The zero-order valence-electron chi connectivity index (χ0n) is 11.0. The van der Waals surface area contributed by atoms with Crippen molar-refractivity contribution in [2.24, 2.45) is 0 Å². The number of carbonyl (C=O) groups is 1. The molecule has 1 heterocycles. The van der Waals surface area contributed by atoms with Crippen LogP contribution in [0.3, 0.4) is 0 Å². The van der Waals surface area contributed by atoms with Crippen molar-refractivity contribution in [3.63, 3.8) is 0 Å². The smallest absolute Gasteiger partial charge is 0.267 e. The number of aryl methyl sites for hydroxylation is 1. The summed E-state index contributed by atoms with van der Waals surface area (Å²) in [7, 11) is 0. The van der Waals surface area contributed by atoms with Crippen molar-refractivity contribution in [2.75, 3.05) is 11.1 Å². The number of nitrogen functional groups attached to an aromatic ring is 1. The van der Waals surface area contributed by atoms with Gasteiger partial charge in [-0.1, -0.05) is 25.5 Å². The van der Waals surface area contributed by atoms with Crippen LogP contribution in [0.4, 0.5) is 11.4 Å². The number of anilines is 2. The molecule has 3 N–H and O–H groups in total. The van der Waals surface area contributed by atoms with Gasteiger partial charge in [-0.3, -0.25) is 4.79 Å². The third kappa shape index (κ3) is 3.58. The second-order valence-electron chi connectivity index (χ2n) is 4.46. The normalized spacial score (nSPS) is 10.4. The zero-order valence-corrected chi connectivity index (χ0v) is 11.8. The number of thiophene rings is 1. The molecule has 4 heteroatoms. The van der Waals surface area contributed by atoms with Gasteiger partial charge in [0, 0.05) is 5.69 Å². The Morgan fingerprint density at radius 3 is 2.58 bits per heavy atom. The molecule has 0 aliphatic carbocycles. The predicted molar refractivity (Wildman–Crippen MR) is 81.7 cm³/mol. The highest BCUT2D eigenvalue weighted by molar-refractivity contribution is 7.12. The minimum absolute atomic E-state index is 0.145. The number of hydrogen-bond acceptors (Lipinski definition) is 3. The van der Waals surface area contributed by atoms with E-state index in [2.05, 4.69) is 24.4 Å². The van der Waals surface area contributed by atoms with Gasteiger partial charge in [-0.25, -0.2) is 0 Å². The Hall–Kier alpha value is -1.81. The maximum Gasteiger partial charge on any atom is 0.267 e. The van der Waals surface area contributed by atoms with E-state index < -0.39 is 0 Å². The summed E-state index contributed by atoms with van der Waals surface area (Å²) in [6.07, 6.45) is 3.47. The molecule has 1 aromatic heterocycles. The summed E-state index contributed by atoms with van der Waals surface area (Å²) in [5, 5.41) is 4.68. The Labute approximate surface area is 117 Å². The molecular formula is C15H18N2OS. The first-order valence-electron chi connectivity index (χ1n) is 6.44. The molecular weight excluding hydrogens is 256 g/mol. The van der Waals surface area contributed by atoms with Crippen molar-refractivity contribution in [1.82, 2.24) is 0 Å². The van der Waals surface area contributed by atoms with Gasteiger partial charge in [0.2, 0.25) is 0 Å². The lowest BCUT2D eigenvalue weighted by Gasteiger charge is -2.06. The lowest BCUT2D eigenvalue weighted by atomic mass is 10.1. The number of hydrogen-bond donors (Lipinski definition) is 2. The van der Waals surface area contributed by atoms with E-state index in [0.29, 0.717) is 10.6 Å². The molecule has 19 heavy (non-hydrogen) atoms. The van der Waals surface area contributed by atoms with E-state index in [1.807, 2.05) is 17.5 Å². The second kappa shape index (κ2) is 6.38. The van der Waals surface area contributed by atoms with Gasteiger partial charge in [-0.05, 0) is 42.0 Å². The molecule has 0 saturated carbocycles. The molecule has 1 amide bonds. The Balaban J connectivity index is 2.00. The monoisotopic (exact) mass is 274 g/mol. The Kier molecular flexibility index (Phi) is 4.58. The summed E-state index contributed by atoms with van der Waals surface area (Å²) < 4.78 is 0. The molecule has 0 aliphatic heterocycles. The van der Waals surface area contributed by atoms with Gasteiger partial charge in [0.25, 0.3) is 5.91 Å². The van der Waals surface area contributed by atoms with Crippen LogP contribution in [0.15, 0.2) is 35.7 Å². The average Bonchev–Trinajstić information content (AvgIpc) is 2.84. The van der Waals surface area contributed by atoms with Crippen molar-refractivity contribution in [2.45, 2.75) is 26.2 Å². The summed E-state index contributed by atoms with van der Waals surface area (Å²) in [5.41, 5.74) is 8.36. The molecule has 100 valence electrons. The van der Waals surface area contributed by atoms with Gasteiger partial charge in [0.05, 0.1) is 5.69 Å². The molecule has 0 bridgehead atoms. The van der Waals surface area contributed by atoms with Gasteiger partial charge in [-0.2, -0.15) is 0 Å². The number of benzene rings is 1. The first-order chi connectivity index (χ1) is 9.20. The quantitative estimate of drug-likeness (QED) is 0.868. The number of nitrogens with one attached hydrogen (secondary N) is 1. The lowest BCUT2D eigenvalue weighted by Crippen LogP contribution is -2.11. The van der Waals surface area contributed by atoms with Gasteiger partial charge in [-0.15, -0.1) is 11.3 Å². The Morgan fingerprint density at radius 1 is 1.26 bits per heavy atom. The van der Waals surface area contributed by atoms with Crippen molar-refractivity contribution in [1.29, 1.82) is 0 Å². The molecule has 2 rings (SSSR count). The molecule has 2 aromatic rings. The first kappa shape index (κ1) is 13.6. The highest BCUT2D eigenvalue weighted by Gasteiger charge is 2.11. The Bertz CT molecular complexity index is 546. The van der Waals surface area contributed by atoms with Crippen LogP contribution >= 0.6 is 11.3 Å². The molecule has 0 aliphatic rings. The van der Waals surface area contributed by atoms with E-state index in [1.54, 1.807) is 6.07 Å². The van der Waals surface area contributed by atoms with E-state index in [-0.39, 0.29) is 5.91 Å². The van der Waals surface area contributed by atoms with Gasteiger partial charge in [0.15, 0.2) is 0 Å². The number of unbranched alkanes of at least 4 members (excludes halogenated alkanes) is 1. The average molecular weight is 274 g/mol. The van der Waals surface area contributed by atoms with Crippen LogP contribution < -0.4 is 11.1 Å². The largest absolute Gasteiger partial charge is 0.397 e. The van der Waals surface area contributed by atoms with E-state index in [0.717, 1.165) is 12.1 Å². The summed E-state index contributed by atoms with van der Waals surface area (Å²) in [5.74, 6) is -0.145. The van der Waals surface area contributed by atoms with Crippen LogP contribution in [0.1, 0.15) is 35.0 Å². The van der Waals surface area contributed by atoms with E-state index >= 15 is 0 Å². The first-order valence-corrected chi connectivity index (χ1v) is 7.32. The van der Waals surface area contributed by atoms with Crippen LogP contribution in [-0.2, 0) is 6.42 Å². The van der Waals surface area contributed by atoms with Crippen LogP contribution in [0.5, 0.6) is 0 Å². The fourth-order valence-corrected chi connectivity index (χ4v) is 2.54. The number of amides is 1. The summed E-state index contributed by atoms with van der Waals surface area (Å²) in [4.78, 5) is 12.5. The van der Waals surface area contributed by atoms with E-state index in [9.17, 15) is 4.79 Å². The maximum atomic E-state index is 12.0. The fourth-order valence-electron chi connectivity index (χ4n) is 1.83. The van der Waals surface area contributed by atoms with Crippen molar-refractivity contribution < 1.29 is 4.79 Å². The highest BCUT2D eigenvalue weighted by atomic mass is 32.1. The molecule has 1 aromatic carbocycles. The van der Waals surface area contributed by atoms with Gasteiger partial charge in [0.1, 0.15) is 4.88 Å². The number of carbonyl (C=O) groups excluding carboxylic acids is 1. The zero-order chi connectivity index (χ0) is 13.7. The molecule has 0 atom stereocenters. The molecule has 0 spiro atoms. The lowest BCUT2D eigenvalue weighted by molar-refractivity contribution is 0.103. The molecule has 0 fully saturated rings. The second-order valence-corrected chi connectivity index (χ2v) is 5.38. The van der Waals surface area contributed by atoms with Crippen LogP contribution in [0.25, 0.3) is 0 Å². The number of rotatable bonds is 5. The predicted octanol–water partition coefficient (Wildman–Crippen LogP) is 3.93. The maximum absolute atomic E-state index is 12.0. The minimum Gasteiger partial charge on any atom is -0.397 e. The van der Waals surface area contributed by atoms with Crippen molar-refractivity contribution in [3.8, 4) is 0 Å². The van der Waals surface area contributed by atoms with Crippen molar-refractivity contribution >= 4 is 28.6 Å². The van der Waals surface area contributed by atoms with Crippen LogP contribution in [0, 0.1) is 0 Å². The molecule has 0 unspecified atom stereocenters. The van der Waals surface area contributed by atoms with E-state index in [1.165, 1.54) is 29.7 Å². The molecule has 0 saturated heterocycles. The SMILES string of the molecule is CCCCc1ccc(NC(=O)c2sccc2N)cc1. The standard InChI is InChI=1S/C15H18N2OS/c1-2-3-4-11-5-7-12(8-6-11)17-15(18)14-13(16)9-10-19-14/h5-10H,2-4,16H2,1H3,(H,17,18). The summed E-state index contributed by atoms with van der Waals surface area (Å²) >= 11 is 1.35. The summed E-state index contributed by atoms with van der Waals surface area (Å²) in [6, 6.07) is 9.74. The Morgan fingerprint density at radius 2 is 2.00 bits per heavy atom. The van der Waals surface area contributed by atoms with E-state index in [4.69, 9.17) is 5.73 Å².